The van der Waals surface area contributed by atoms with Crippen molar-refractivity contribution < 1.29 is 23.9 Å². The Morgan fingerprint density at radius 2 is 1.58 bits per heavy atom. The SMILES string of the molecule is COC(=O)c1cc(NC(=O)CSC(=S)N(C)C)cc(C(=O)OC)c1. The van der Waals surface area contributed by atoms with Crippen molar-refractivity contribution in [1.82, 2.24) is 4.90 Å². The van der Waals surface area contributed by atoms with Gasteiger partial charge in [-0.2, -0.15) is 0 Å². The summed E-state index contributed by atoms with van der Waals surface area (Å²) in [5, 5.41) is 2.62. The first-order chi connectivity index (χ1) is 11.3. The minimum absolute atomic E-state index is 0.104. The van der Waals surface area contributed by atoms with E-state index in [9.17, 15) is 14.4 Å². The molecule has 0 atom stereocenters. The summed E-state index contributed by atoms with van der Waals surface area (Å²) in [6, 6.07) is 4.18. The molecule has 1 rings (SSSR count). The molecule has 130 valence electrons. The van der Waals surface area contributed by atoms with Crippen LogP contribution in [-0.2, 0) is 14.3 Å². The number of rotatable bonds is 5. The minimum Gasteiger partial charge on any atom is -0.465 e. The van der Waals surface area contributed by atoms with Crippen LogP contribution in [0, 0.1) is 0 Å². The number of carbonyl (C=O) groups is 3. The molecule has 0 bridgehead atoms. The summed E-state index contributed by atoms with van der Waals surface area (Å²) in [6.45, 7) is 0. The van der Waals surface area contributed by atoms with Crippen LogP contribution < -0.4 is 5.32 Å². The van der Waals surface area contributed by atoms with Gasteiger partial charge in [-0.05, 0) is 18.2 Å². The Bertz CT molecular complexity index is 627. The number of methoxy groups -OCH3 is 2. The van der Waals surface area contributed by atoms with E-state index in [1.165, 1.54) is 44.2 Å². The van der Waals surface area contributed by atoms with E-state index in [0.29, 0.717) is 10.0 Å². The molecule has 0 aliphatic rings. The number of amides is 1. The monoisotopic (exact) mass is 370 g/mol. The molecule has 1 aromatic rings. The third kappa shape index (κ3) is 5.82. The lowest BCUT2D eigenvalue weighted by Gasteiger charge is -2.13. The van der Waals surface area contributed by atoms with Crippen LogP contribution in [0.2, 0.25) is 0 Å². The normalized spacial score (nSPS) is 9.83. The molecule has 9 heteroatoms. The first-order valence-corrected chi connectivity index (χ1v) is 8.13. The lowest BCUT2D eigenvalue weighted by Crippen LogP contribution is -2.21. The summed E-state index contributed by atoms with van der Waals surface area (Å²) in [4.78, 5) is 37.1. The summed E-state index contributed by atoms with van der Waals surface area (Å²) in [5.74, 6) is -1.46. The average Bonchev–Trinajstić information content (AvgIpc) is 2.57. The molecule has 1 aromatic carbocycles. The van der Waals surface area contributed by atoms with E-state index in [4.69, 9.17) is 12.2 Å². The van der Waals surface area contributed by atoms with Crippen molar-refractivity contribution in [3.63, 3.8) is 0 Å². The number of thiocarbonyl (C=S) groups is 1. The Labute approximate surface area is 149 Å². The van der Waals surface area contributed by atoms with Crippen LogP contribution in [0.1, 0.15) is 20.7 Å². The molecule has 0 heterocycles. The van der Waals surface area contributed by atoms with Crippen LogP contribution in [0.5, 0.6) is 0 Å². The highest BCUT2D eigenvalue weighted by atomic mass is 32.2. The van der Waals surface area contributed by atoms with E-state index in [0.717, 1.165) is 0 Å². The summed E-state index contributed by atoms with van der Waals surface area (Å²) < 4.78 is 9.85. The number of carbonyl (C=O) groups excluding carboxylic acids is 3. The van der Waals surface area contributed by atoms with E-state index in [1.54, 1.807) is 19.0 Å². The number of ether oxygens (including phenoxy) is 2. The van der Waals surface area contributed by atoms with Crippen molar-refractivity contribution in [3.8, 4) is 0 Å². The highest BCUT2D eigenvalue weighted by molar-refractivity contribution is 8.23. The first-order valence-electron chi connectivity index (χ1n) is 6.74. The van der Waals surface area contributed by atoms with Gasteiger partial charge in [0, 0.05) is 19.8 Å². The average molecular weight is 370 g/mol. The predicted molar refractivity (Wildman–Crippen MR) is 96.5 cm³/mol. The number of anilines is 1. The molecule has 0 saturated heterocycles. The lowest BCUT2D eigenvalue weighted by molar-refractivity contribution is -0.113. The zero-order chi connectivity index (χ0) is 18.3. The van der Waals surface area contributed by atoms with Gasteiger partial charge in [0.1, 0.15) is 4.32 Å². The minimum atomic E-state index is -0.626. The number of hydrogen-bond acceptors (Lipinski definition) is 7. The number of nitrogens with one attached hydrogen (secondary N) is 1. The van der Waals surface area contributed by atoms with Crippen LogP contribution in [-0.4, -0.2) is 61.1 Å². The van der Waals surface area contributed by atoms with Crippen molar-refractivity contribution >= 4 is 51.8 Å². The largest absolute Gasteiger partial charge is 0.465 e. The molecule has 0 aliphatic heterocycles. The Hall–Kier alpha value is -2.13. The van der Waals surface area contributed by atoms with Gasteiger partial charge in [0.05, 0.1) is 31.1 Å². The van der Waals surface area contributed by atoms with Crippen molar-refractivity contribution in [3.05, 3.63) is 29.3 Å². The van der Waals surface area contributed by atoms with Crippen LogP contribution in [0.4, 0.5) is 5.69 Å². The van der Waals surface area contributed by atoms with Crippen LogP contribution >= 0.6 is 24.0 Å². The highest BCUT2D eigenvalue weighted by Gasteiger charge is 2.15. The molecule has 0 fully saturated rings. The maximum Gasteiger partial charge on any atom is 0.337 e. The van der Waals surface area contributed by atoms with Crippen LogP contribution in [0.15, 0.2) is 18.2 Å². The first kappa shape index (κ1) is 19.9. The van der Waals surface area contributed by atoms with Gasteiger partial charge in [0.25, 0.3) is 0 Å². The maximum absolute atomic E-state index is 12.0. The van der Waals surface area contributed by atoms with Crippen molar-refractivity contribution in [1.29, 1.82) is 0 Å². The third-order valence-electron chi connectivity index (χ3n) is 2.75. The molecule has 0 unspecified atom stereocenters. The van der Waals surface area contributed by atoms with Gasteiger partial charge in [0.2, 0.25) is 5.91 Å². The Morgan fingerprint density at radius 1 is 1.08 bits per heavy atom. The van der Waals surface area contributed by atoms with E-state index in [-0.39, 0.29) is 22.8 Å². The zero-order valence-corrected chi connectivity index (χ0v) is 15.4. The summed E-state index contributed by atoms with van der Waals surface area (Å²) in [7, 11) is 6.03. The Morgan fingerprint density at radius 3 is 2.00 bits per heavy atom. The van der Waals surface area contributed by atoms with Crippen LogP contribution in [0.3, 0.4) is 0 Å². The zero-order valence-electron chi connectivity index (χ0n) is 13.7. The number of nitrogens with zero attached hydrogens (tertiary/aromatic N) is 1. The molecule has 0 radical (unpaired) electrons. The van der Waals surface area contributed by atoms with E-state index in [1.807, 2.05) is 0 Å². The highest BCUT2D eigenvalue weighted by Crippen LogP contribution is 2.18. The summed E-state index contributed by atoms with van der Waals surface area (Å²) >= 11 is 6.29. The summed E-state index contributed by atoms with van der Waals surface area (Å²) in [5.41, 5.74) is 0.555. The fourth-order valence-corrected chi connectivity index (χ4v) is 2.39. The van der Waals surface area contributed by atoms with Gasteiger partial charge in [-0.3, -0.25) is 4.79 Å². The quantitative estimate of drug-likeness (QED) is 0.620. The van der Waals surface area contributed by atoms with Gasteiger partial charge in [-0.15, -0.1) is 0 Å². The third-order valence-corrected chi connectivity index (χ3v) is 4.49. The van der Waals surface area contributed by atoms with Gasteiger partial charge >= 0.3 is 11.9 Å². The Balaban J connectivity index is 2.93. The van der Waals surface area contributed by atoms with Gasteiger partial charge in [0.15, 0.2) is 0 Å². The molecule has 7 nitrogen and oxygen atoms in total. The fraction of sp³-hybridized carbons (Fsp3) is 0.333. The molecule has 1 amide bonds. The molecular formula is C15H18N2O5S2. The molecule has 0 aliphatic carbocycles. The van der Waals surface area contributed by atoms with Crippen molar-refractivity contribution in [2.24, 2.45) is 0 Å². The number of benzene rings is 1. The Kier molecular flexibility index (Phi) is 7.66. The number of esters is 2. The van der Waals surface area contributed by atoms with Crippen LogP contribution in [0.25, 0.3) is 0 Å². The molecular weight excluding hydrogens is 352 g/mol. The topological polar surface area (TPSA) is 84.9 Å². The van der Waals surface area contributed by atoms with E-state index in [2.05, 4.69) is 14.8 Å². The summed E-state index contributed by atoms with van der Waals surface area (Å²) in [6.07, 6.45) is 0. The second-order valence-electron chi connectivity index (χ2n) is 4.78. The van der Waals surface area contributed by atoms with E-state index < -0.39 is 11.9 Å². The molecule has 0 aromatic heterocycles. The number of thioether (sulfide) groups is 1. The van der Waals surface area contributed by atoms with Gasteiger partial charge in [-0.25, -0.2) is 9.59 Å². The fourth-order valence-electron chi connectivity index (χ4n) is 1.62. The number of hydrogen-bond donors (Lipinski definition) is 1. The van der Waals surface area contributed by atoms with Crippen molar-refractivity contribution in [2.75, 3.05) is 39.4 Å². The molecule has 1 N–H and O–H groups in total. The molecule has 0 saturated carbocycles. The van der Waals surface area contributed by atoms with E-state index >= 15 is 0 Å². The van der Waals surface area contributed by atoms with Gasteiger partial charge < -0.3 is 19.7 Å². The standard InChI is InChI=1S/C15H18N2O5S2/c1-17(2)15(23)24-8-12(18)16-11-6-9(13(19)21-3)5-10(7-11)14(20)22-4/h5-7H,8H2,1-4H3,(H,16,18). The van der Waals surface area contributed by atoms with Crippen molar-refractivity contribution in [2.45, 2.75) is 0 Å². The smallest absolute Gasteiger partial charge is 0.337 e. The molecule has 24 heavy (non-hydrogen) atoms. The second-order valence-corrected chi connectivity index (χ2v) is 6.39. The molecule has 0 spiro atoms. The van der Waals surface area contributed by atoms with Gasteiger partial charge in [-0.1, -0.05) is 24.0 Å². The second kappa shape index (κ2) is 9.24. The maximum atomic E-state index is 12.0. The predicted octanol–water partition coefficient (Wildman–Crippen LogP) is 1.78. The lowest BCUT2D eigenvalue weighted by atomic mass is 10.1.